The summed E-state index contributed by atoms with van der Waals surface area (Å²) >= 11 is 0. The van der Waals surface area contributed by atoms with Gasteiger partial charge in [-0.3, -0.25) is 15.1 Å². The molecule has 1 aliphatic carbocycles. The molecule has 0 spiro atoms. The highest BCUT2D eigenvalue weighted by molar-refractivity contribution is 5.91. The highest BCUT2D eigenvalue weighted by atomic mass is 16.5. The number of carbonyl (C=O) groups excluding carboxylic acids is 1. The molecule has 0 saturated heterocycles. The third kappa shape index (κ3) is 4.19. The van der Waals surface area contributed by atoms with Crippen LogP contribution in [0.2, 0.25) is 0 Å². The minimum absolute atomic E-state index is 0.117. The van der Waals surface area contributed by atoms with Crippen LogP contribution in [0, 0.1) is 0 Å². The second-order valence-electron chi connectivity index (χ2n) is 7.89. The number of aromatic nitrogens is 5. The first-order chi connectivity index (χ1) is 15.3. The Kier molecular flexibility index (Phi) is 5.43. The van der Waals surface area contributed by atoms with Crippen molar-refractivity contribution in [2.75, 3.05) is 5.32 Å². The molecule has 158 valence electrons. The van der Waals surface area contributed by atoms with Gasteiger partial charge in [-0.1, -0.05) is 36.6 Å². The molecule has 1 fully saturated rings. The second-order valence-corrected chi connectivity index (χ2v) is 7.89. The topological polar surface area (TPSA) is 98.7 Å². The number of nitrogens with one attached hydrogen (secondary N) is 1. The van der Waals surface area contributed by atoms with E-state index in [1.807, 2.05) is 30.3 Å². The number of pyridine rings is 1. The highest BCUT2D eigenvalue weighted by Crippen LogP contribution is 2.34. The molecule has 1 amide bonds. The lowest BCUT2D eigenvalue weighted by Gasteiger charge is -2.25. The van der Waals surface area contributed by atoms with Gasteiger partial charge in [-0.05, 0) is 37.1 Å². The number of fused-ring (bicyclic) bond motifs is 1. The number of carbonyl (C=O) groups is 1. The van der Waals surface area contributed by atoms with Crippen LogP contribution in [0.15, 0.2) is 53.3 Å². The Morgan fingerprint density at radius 3 is 2.81 bits per heavy atom. The normalized spacial score (nSPS) is 14.7. The van der Waals surface area contributed by atoms with Crippen molar-refractivity contribution in [3.8, 4) is 11.4 Å². The minimum Gasteiger partial charge on any atom is -0.339 e. The van der Waals surface area contributed by atoms with Crippen molar-refractivity contribution in [3.63, 3.8) is 0 Å². The van der Waals surface area contributed by atoms with Gasteiger partial charge in [-0.2, -0.15) is 4.98 Å². The molecule has 0 unspecified atom stereocenters. The van der Waals surface area contributed by atoms with Gasteiger partial charge < -0.3 is 9.09 Å². The van der Waals surface area contributed by atoms with E-state index in [-0.39, 0.29) is 12.3 Å². The Balaban J connectivity index is 1.29. The van der Waals surface area contributed by atoms with Crippen molar-refractivity contribution in [2.45, 2.75) is 51.0 Å². The largest absolute Gasteiger partial charge is 0.339 e. The zero-order valence-electron chi connectivity index (χ0n) is 17.2. The van der Waals surface area contributed by atoms with E-state index in [0.29, 0.717) is 30.1 Å². The number of para-hydroxylation sites is 2. The molecule has 0 atom stereocenters. The van der Waals surface area contributed by atoms with Crippen molar-refractivity contribution >= 4 is 22.9 Å². The van der Waals surface area contributed by atoms with Crippen molar-refractivity contribution in [1.29, 1.82) is 0 Å². The smallest absolute Gasteiger partial charge is 0.227 e. The summed E-state index contributed by atoms with van der Waals surface area (Å²) < 4.78 is 7.50. The van der Waals surface area contributed by atoms with Gasteiger partial charge in [0.05, 0.1) is 11.0 Å². The number of hydrogen-bond donors (Lipinski definition) is 1. The quantitative estimate of drug-likeness (QED) is 0.495. The third-order valence-corrected chi connectivity index (χ3v) is 5.74. The molecule has 1 N–H and O–H groups in total. The summed E-state index contributed by atoms with van der Waals surface area (Å²) in [7, 11) is 0. The minimum atomic E-state index is -0.117. The number of anilines is 1. The number of nitrogens with zero attached hydrogens (tertiary/aromatic N) is 5. The molecular weight excluding hydrogens is 392 g/mol. The van der Waals surface area contributed by atoms with Gasteiger partial charge in [0, 0.05) is 36.8 Å². The summed E-state index contributed by atoms with van der Waals surface area (Å²) in [6.07, 6.45) is 9.89. The van der Waals surface area contributed by atoms with E-state index in [1.54, 1.807) is 12.4 Å². The summed E-state index contributed by atoms with van der Waals surface area (Å²) in [4.78, 5) is 25.8. The predicted octanol–water partition coefficient (Wildman–Crippen LogP) is 4.56. The Hall–Kier alpha value is -3.55. The number of rotatable bonds is 6. The summed E-state index contributed by atoms with van der Waals surface area (Å²) in [5, 5.41) is 7.00. The van der Waals surface area contributed by atoms with Crippen molar-refractivity contribution in [1.82, 2.24) is 24.7 Å². The van der Waals surface area contributed by atoms with Crippen LogP contribution in [-0.4, -0.2) is 30.6 Å². The summed E-state index contributed by atoms with van der Waals surface area (Å²) in [6.45, 7) is 0. The second kappa shape index (κ2) is 8.67. The molecule has 1 aromatic carbocycles. The van der Waals surface area contributed by atoms with Crippen molar-refractivity contribution < 1.29 is 9.32 Å². The van der Waals surface area contributed by atoms with Gasteiger partial charge in [0.2, 0.25) is 23.6 Å². The Morgan fingerprint density at radius 2 is 1.97 bits per heavy atom. The molecule has 1 saturated carbocycles. The Bertz CT molecular complexity index is 1180. The molecule has 8 nitrogen and oxygen atoms in total. The number of hydrogen-bond acceptors (Lipinski definition) is 6. The van der Waals surface area contributed by atoms with Crippen LogP contribution in [0.25, 0.3) is 22.4 Å². The van der Waals surface area contributed by atoms with Gasteiger partial charge in [0.1, 0.15) is 0 Å². The van der Waals surface area contributed by atoms with Gasteiger partial charge >= 0.3 is 0 Å². The number of aryl methyl sites for hydroxylation is 1. The maximum Gasteiger partial charge on any atom is 0.227 e. The highest BCUT2D eigenvalue weighted by Gasteiger charge is 2.22. The average Bonchev–Trinajstić information content (AvgIpc) is 3.43. The lowest BCUT2D eigenvalue weighted by molar-refractivity contribution is -0.116. The SMILES string of the molecule is O=C(CCc1nc(-c2cccnc2)no1)Nc1nc2ccccc2n1C1CCCCC1. The van der Waals surface area contributed by atoms with Crippen molar-refractivity contribution in [2.24, 2.45) is 0 Å². The summed E-state index contributed by atoms with van der Waals surface area (Å²) in [5.41, 5.74) is 2.76. The standard InChI is InChI=1S/C23H24N6O2/c30-20(12-13-21-27-22(28-31-21)16-7-6-14-24-15-16)26-23-25-18-10-4-5-11-19(18)29(23)17-8-2-1-3-9-17/h4-7,10-11,14-15,17H,1-3,8-9,12-13H2,(H,25,26,30). The molecule has 1 aliphatic rings. The van der Waals surface area contributed by atoms with Crippen LogP contribution in [0.1, 0.15) is 50.5 Å². The molecule has 31 heavy (non-hydrogen) atoms. The maximum absolute atomic E-state index is 12.7. The number of amides is 1. The molecule has 3 aromatic heterocycles. The zero-order chi connectivity index (χ0) is 21.0. The molecule has 0 aliphatic heterocycles. The van der Waals surface area contributed by atoms with E-state index in [1.165, 1.54) is 19.3 Å². The fraction of sp³-hybridized carbons (Fsp3) is 0.348. The van der Waals surface area contributed by atoms with Crippen LogP contribution in [0.3, 0.4) is 0 Å². The van der Waals surface area contributed by atoms with Crippen LogP contribution in [0.5, 0.6) is 0 Å². The molecule has 5 rings (SSSR count). The molecule has 3 heterocycles. The molecular formula is C23H24N6O2. The van der Waals surface area contributed by atoms with Gasteiger partial charge in [0.25, 0.3) is 0 Å². The van der Waals surface area contributed by atoms with Crippen LogP contribution >= 0.6 is 0 Å². The van der Waals surface area contributed by atoms with E-state index < -0.39 is 0 Å². The first-order valence-corrected chi connectivity index (χ1v) is 10.8. The van der Waals surface area contributed by atoms with E-state index in [0.717, 1.165) is 29.4 Å². The third-order valence-electron chi connectivity index (χ3n) is 5.74. The lowest BCUT2D eigenvalue weighted by Crippen LogP contribution is -2.20. The Labute approximate surface area is 179 Å². The lowest BCUT2D eigenvalue weighted by atomic mass is 9.95. The fourth-order valence-electron chi connectivity index (χ4n) is 4.22. The average molecular weight is 416 g/mol. The van der Waals surface area contributed by atoms with Crippen LogP contribution < -0.4 is 5.32 Å². The summed E-state index contributed by atoms with van der Waals surface area (Å²) in [6, 6.07) is 12.1. The predicted molar refractivity (Wildman–Crippen MR) is 116 cm³/mol. The van der Waals surface area contributed by atoms with E-state index in [4.69, 9.17) is 9.51 Å². The number of imidazole rings is 1. The molecule has 4 aromatic rings. The molecule has 0 radical (unpaired) electrons. The molecule has 0 bridgehead atoms. The number of benzene rings is 1. The van der Waals surface area contributed by atoms with Crippen LogP contribution in [-0.2, 0) is 11.2 Å². The van der Waals surface area contributed by atoms with Gasteiger partial charge in [0.15, 0.2) is 0 Å². The van der Waals surface area contributed by atoms with E-state index in [2.05, 4.69) is 31.1 Å². The van der Waals surface area contributed by atoms with Gasteiger partial charge in [-0.25, -0.2) is 4.98 Å². The van der Waals surface area contributed by atoms with E-state index >= 15 is 0 Å². The Morgan fingerprint density at radius 1 is 1.10 bits per heavy atom. The van der Waals surface area contributed by atoms with Crippen LogP contribution in [0.4, 0.5) is 5.95 Å². The molecule has 8 heteroatoms. The maximum atomic E-state index is 12.7. The monoisotopic (exact) mass is 416 g/mol. The van der Waals surface area contributed by atoms with Crippen molar-refractivity contribution in [3.05, 3.63) is 54.7 Å². The van der Waals surface area contributed by atoms with Gasteiger partial charge in [-0.15, -0.1) is 0 Å². The summed E-state index contributed by atoms with van der Waals surface area (Å²) in [5.74, 6) is 1.41. The fourth-order valence-corrected chi connectivity index (χ4v) is 4.22. The first-order valence-electron chi connectivity index (χ1n) is 10.8. The van der Waals surface area contributed by atoms with E-state index in [9.17, 15) is 4.79 Å². The first kappa shape index (κ1) is 19.4. The zero-order valence-corrected chi connectivity index (χ0v) is 17.2.